The largest absolute Gasteiger partial charge is 0.354 e. The molecule has 2 rings (SSSR count). The summed E-state index contributed by atoms with van der Waals surface area (Å²) in [6.07, 6.45) is -0.283. The summed E-state index contributed by atoms with van der Waals surface area (Å²) in [6, 6.07) is 2.23. The molecule has 1 atom stereocenters. The van der Waals surface area contributed by atoms with Crippen LogP contribution in [0, 0.1) is 0 Å². The number of hydrogen-bond donors (Lipinski definition) is 1. The van der Waals surface area contributed by atoms with Crippen molar-refractivity contribution in [3.8, 4) is 0 Å². The molecule has 0 saturated carbocycles. The molecule has 2 heterocycles. The molecule has 1 saturated heterocycles. The minimum absolute atomic E-state index is 0.0339. The van der Waals surface area contributed by atoms with E-state index in [1.54, 1.807) is 0 Å². The maximum Gasteiger partial charge on any atom is 0.274 e. The summed E-state index contributed by atoms with van der Waals surface area (Å²) in [4.78, 5) is 28.5. The van der Waals surface area contributed by atoms with Gasteiger partial charge >= 0.3 is 0 Å². The predicted molar refractivity (Wildman–Crippen MR) is 81.9 cm³/mol. The topological polar surface area (TPSA) is 62.3 Å². The average Bonchev–Trinajstić information content (AvgIpc) is 2.47. The smallest absolute Gasteiger partial charge is 0.274 e. The van der Waals surface area contributed by atoms with E-state index < -0.39 is 24.4 Å². The van der Waals surface area contributed by atoms with Crippen molar-refractivity contribution in [3.63, 3.8) is 0 Å². The van der Waals surface area contributed by atoms with E-state index in [0.29, 0.717) is 0 Å². The first kappa shape index (κ1) is 17.9. The molecular formula is C14H15Cl2F2N3O2. The molecule has 0 bridgehead atoms. The standard InChI is InChI=1S/C14H15Cl2F2N3O2/c1-8(22)19-6-9-4-5-14(17,18)7-21(9)13(23)12-10(15)2-3-11(16)20-12/h2-3,9H,4-7H2,1H3,(H,19,22). The second kappa shape index (κ2) is 6.97. The van der Waals surface area contributed by atoms with Gasteiger partial charge in [0.2, 0.25) is 5.91 Å². The van der Waals surface area contributed by atoms with Gasteiger partial charge in [0.1, 0.15) is 10.8 Å². The third kappa shape index (κ3) is 4.51. The summed E-state index contributed by atoms with van der Waals surface area (Å²) in [6.45, 7) is 0.662. The van der Waals surface area contributed by atoms with Gasteiger partial charge in [-0.3, -0.25) is 9.59 Å². The first-order valence-corrected chi connectivity index (χ1v) is 7.70. The van der Waals surface area contributed by atoms with Crippen molar-refractivity contribution < 1.29 is 18.4 Å². The molecule has 1 aliphatic rings. The van der Waals surface area contributed by atoms with E-state index in [1.807, 2.05) is 0 Å². The molecule has 1 fully saturated rings. The molecule has 1 unspecified atom stereocenters. The summed E-state index contributed by atoms with van der Waals surface area (Å²) < 4.78 is 27.4. The van der Waals surface area contributed by atoms with Gasteiger partial charge in [0, 0.05) is 25.9 Å². The number of aromatic nitrogens is 1. The molecule has 1 aromatic heterocycles. The third-order valence-corrected chi connectivity index (χ3v) is 4.06. The van der Waals surface area contributed by atoms with Crippen molar-refractivity contribution in [2.24, 2.45) is 0 Å². The molecule has 0 spiro atoms. The fourth-order valence-electron chi connectivity index (χ4n) is 2.41. The fraction of sp³-hybridized carbons (Fsp3) is 0.500. The first-order valence-electron chi connectivity index (χ1n) is 6.95. The van der Waals surface area contributed by atoms with Gasteiger partial charge in [0.25, 0.3) is 11.8 Å². The average molecular weight is 366 g/mol. The number of carbonyl (C=O) groups excluding carboxylic acids is 2. The summed E-state index contributed by atoms with van der Waals surface area (Å²) >= 11 is 11.7. The number of nitrogens with one attached hydrogen (secondary N) is 1. The fourth-order valence-corrected chi connectivity index (χ4v) is 2.74. The molecule has 126 valence electrons. The van der Waals surface area contributed by atoms with Gasteiger partial charge in [-0.2, -0.15) is 0 Å². The van der Waals surface area contributed by atoms with Gasteiger partial charge in [-0.15, -0.1) is 0 Å². The maximum atomic E-state index is 13.7. The Bertz CT molecular complexity index is 628. The van der Waals surface area contributed by atoms with Crippen LogP contribution in [0.3, 0.4) is 0 Å². The summed E-state index contributed by atoms with van der Waals surface area (Å²) in [5.41, 5.74) is -0.176. The van der Waals surface area contributed by atoms with Crippen LogP contribution in [0.25, 0.3) is 0 Å². The molecule has 0 aromatic carbocycles. The Morgan fingerprint density at radius 2 is 2.13 bits per heavy atom. The second-order valence-electron chi connectivity index (χ2n) is 5.38. The zero-order valence-electron chi connectivity index (χ0n) is 12.3. The number of pyridine rings is 1. The quantitative estimate of drug-likeness (QED) is 0.837. The van der Waals surface area contributed by atoms with Gasteiger partial charge in [-0.1, -0.05) is 23.2 Å². The number of hydrogen-bond acceptors (Lipinski definition) is 3. The van der Waals surface area contributed by atoms with E-state index in [9.17, 15) is 18.4 Å². The second-order valence-corrected chi connectivity index (χ2v) is 6.18. The zero-order valence-corrected chi connectivity index (χ0v) is 13.8. The van der Waals surface area contributed by atoms with Gasteiger partial charge in [0.05, 0.1) is 11.6 Å². The minimum Gasteiger partial charge on any atom is -0.354 e. The molecule has 0 aliphatic carbocycles. The monoisotopic (exact) mass is 365 g/mol. The lowest BCUT2D eigenvalue weighted by Gasteiger charge is -2.39. The molecule has 1 N–H and O–H groups in total. The zero-order chi connectivity index (χ0) is 17.2. The predicted octanol–water partition coefficient (Wildman–Crippen LogP) is 2.76. The van der Waals surface area contributed by atoms with Crippen LogP contribution in [0.2, 0.25) is 10.2 Å². The van der Waals surface area contributed by atoms with Crippen LogP contribution in [0.1, 0.15) is 30.3 Å². The van der Waals surface area contributed by atoms with Crippen molar-refractivity contribution in [2.75, 3.05) is 13.1 Å². The van der Waals surface area contributed by atoms with Crippen LogP contribution < -0.4 is 5.32 Å². The van der Waals surface area contributed by atoms with Crippen LogP contribution in [-0.2, 0) is 4.79 Å². The SMILES string of the molecule is CC(=O)NCC1CCC(F)(F)CN1C(=O)c1nc(Cl)ccc1Cl. The van der Waals surface area contributed by atoms with E-state index in [-0.39, 0.29) is 41.2 Å². The number of likely N-dealkylation sites (tertiary alicyclic amines) is 1. The van der Waals surface area contributed by atoms with E-state index in [0.717, 1.165) is 4.90 Å². The highest BCUT2D eigenvalue weighted by Gasteiger charge is 2.42. The molecule has 1 aromatic rings. The Morgan fingerprint density at radius 1 is 1.43 bits per heavy atom. The lowest BCUT2D eigenvalue weighted by Crippen LogP contribution is -2.55. The Morgan fingerprint density at radius 3 is 2.78 bits per heavy atom. The number of nitrogens with zero attached hydrogens (tertiary/aromatic N) is 2. The summed E-state index contributed by atoms with van der Waals surface area (Å²) in [7, 11) is 0. The normalized spacial score (nSPS) is 20.2. The van der Waals surface area contributed by atoms with E-state index in [2.05, 4.69) is 10.3 Å². The van der Waals surface area contributed by atoms with Crippen LogP contribution in [0.15, 0.2) is 12.1 Å². The molecular weight excluding hydrogens is 351 g/mol. The molecule has 2 amide bonds. The lowest BCUT2D eigenvalue weighted by molar-refractivity contribution is -0.119. The Balaban J connectivity index is 2.27. The minimum atomic E-state index is -2.99. The number of rotatable bonds is 3. The number of alkyl halides is 2. The third-order valence-electron chi connectivity index (χ3n) is 3.55. The van der Waals surface area contributed by atoms with E-state index >= 15 is 0 Å². The highest BCUT2D eigenvalue weighted by molar-refractivity contribution is 6.34. The van der Waals surface area contributed by atoms with Crippen LogP contribution in [-0.4, -0.2) is 46.8 Å². The Kier molecular flexibility index (Phi) is 5.41. The van der Waals surface area contributed by atoms with E-state index in [4.69, 9.17) is 23.2 Å². The van der Waals surface area contributed by atoms with E-state index in [1.165, 1.54) is 19.1 Å². The Hall–Kier alpha value is -1.47. The van der Waals surface area contributed by atoms with Crippen LogP contribution in [0.5, 0.6) is 0 Å². The van der Waals surface area contributed by atoms with Crippen LogP contribution in [0.4, 0.5) is 8.78 Å². The number of halogens is 4. The first-order chi connectivity index (χ1) is 10.7. The molecule has 5 nitrogen and oxygen atoms in total. The highest BCUT2D eigenvalue weighted by Crippen LogP contribution is 2.32. The van der Waals surface area contributed by atoms with Gasteiger partial charge in [-0.25, -0.2) is 13.8 Å². The molecule has 1 aliphatic heterocycles. The van der Waals surface area contributed by atoms with Crippen molar-refractivity contribution in [1.82, 2.24) is 15.2 Å². The van der Waals surface area contributed by atoms with Crippen molar-refractivity contribution in [1.29, 1.82) is 0 Å². The molecule has 23 heavy (non-hydrogen) atoms. The maximum absolute atomic E-state index is 13.7. The summed E-state index contributed by atoms with van der Waals surface area (Å²) in [5, 5.41) is 2.62. The van der Waals surface area contributed by atoms with Gasteiger partial charge < -0.3 is 10.2 Å². The van der Waals surface area contributed by atoms with Gasteiger partial charge in [-0.05, 0) is 18.6 Å². The lowest BCUT2D eigenvalue weighted by atomic mass is 9.98. The number of piperidine rings is 1. The highest BCUT2D eigenvalue weighted by atomic mass is 35.5. The summed E-state index contributed by atoms with van der Waals surface area (Å²) in [5.74, 6) is -4.02. The van der Waals surface area contributed by atoms with Crippen molar-refractivity contribution >= 4 is 35.0 Å². The van der Waals surface area contributed by atoms with Crippen molar-refractivity contribution in [2.45, 2.75) is 31.7 Å². The number of amides is 2. The van der Waals surface area contributed by atoms with Crippen LogP contribution >= 0.6 is 23.2 Å². The van der Waals surface area contributed by atoms with Crippen molar-refractivity contribution in [3.05, 3.63) is 28.0 Å². The Labute approximate surface area is 142 Å². The molecule has 0 radical (unpaired) electrons. The van der Waals surface area contributed by atoms with Gasteiger partial charge in [0.15, 0.2) is 0 Å². The number of carbonyl (C=O) groups is 2. The molecule has 9 heteroatoms.